The monoisotopic (exact) mass is 755 g/mol. The first-order chi connectivity index (χ1) is 28.9. The molecule has 1 spiro atoms. The van der Waals surface area contributed by atoms with Crippen molar-refractivity contribution >= 4 is 5.69 Å². The summed E-state index contributed by atoms with van der Waals surface area (Å²) in [4.78, 5) is 10.3. The molecule has 0 aliphatic heterocycles. The molecule has 59 heavy (non-hydrogen) atoms. The first-order valence-corrected chi connectivity index (χ1v) is 20.4. The van der Waals surface area contributed by atoms with Gasteiger partial charge in [0.25, 0.3) is 0 Å². The van der Waals surface area contributed by atoms with Crippen molar-refractivity contribution in [2.45, 2.75) is 24.7 Å². The Hall–Kier alpha value is -7.36. The summed E-state index contributed by atoms with van der Waals surface area (Å²) in [6, 6.07) is 72.0. The smallest absolute Gasteiger partial charge is 0.160 e. The summed E-state index contributed by atoms with van der Waals surface area (Å²) in [5.41, 5.74) is 26.4. The standard InChI is InChI=1S/C56H41N3/c1-55(2)46-24-8-10-26-48(46)56(49-27-11-9-25-47(49)55)45-23-7-6-21-44(45)53-43(22-14-28-50(53)56)36-29-31-38(32-30-36)52-35-51(37-15-4-3-5-16-37)58-54(59-52)41-19-12-17-39(33-41)40-18-13-20-42(57)34-40/h3-35H,57H2,1-2H3. The quantitative estimate of drug-likeness (QED) is 0.178. The van der Waals surface area contributed by atoms with Gasteiger partial charge in [-0.15, -0.1) is 0 Å². The highest BCUT2D eigenvalue weighted by molar-refractivity contribution is 5.96. The molecule has 3 heteroatoms. The number of hydrogen-bond acceptors (Lipinski definition) is 3. The third-order valence-electron chi connectivity index (χ3n) is 12.7. The van der Waals surface area contributed by atoms with E-state index in [0.29, 0.717) is 5.82 Å². The third kappa shape index (κ3) is 5.35. The van der Waals surface area contributed by atoms with Gasteiger partial charge in [0.05, 0.1) is 16.8 Å². The molecule has 0 unspecified atom stereocenters. The number of nitrogens with zero attached hydrogens (tertiary/aromatic N) is 2. The minimum Gasteiger partial charge on any atom is -0.399 e. The van der Waals surface area contributed by atoms with E-state index < -0.39 is 5.41 Å². The Morgan fingerprint density at radius 1 is 0.356 bits per heavy atom. The van der Waals surface area contributed by atoms with Crippen LogP contribution in [0.1, 0.15) is 47.2 Å². The fourth-order valence-electron chi connectivity index (χ4n) is 10.0. The van der Waals surface area contributed by atoms with Crippen molar-refractivity contribution < 1.29 is 0 Å². The average molecular weight is 756 g/mol. The molecule has 280 valence electrons. The Balaban J connectivity index is 1.05. The molecule has 0 atom stereocenters. The molecule has 3 nitrogen and oxygen atoms in total. The van der Waals surface area contributed by atoms with E-state index >= 15 is 0 Å². The van der Waals surface area contributed by atoms with Gasteiger partial charge in [0.15, 0.2) is 5.82 Å². The van der Waals surface area contributed by atoms with Crippen LogP contribution in [-0.4, -0.2) is 9.97 Å². The van der Waals surface area contributed by atoms with Crippen molar-refractivity contribution in [3.8, 4) is 67.3 Å². The highest BCUT2D eigenvalue weighted by Gasteiger charge is 2.53. The number of nitrogens with two attached hydrogens (primary N) is 1. The molecule has 0 bridgehead atoms. The predicted octanol–water partition coefficient (Wildman–Crippen LogP) is 13.4. The zero-order chi connectivity index (χ0) is 39.7. The Labute approximate surface area is 345 Å². The number of aromatic nitrogens is 2. The zero-order valence-corrected chi connectivity index (χ0v) is 33.0. The summed E-state index contributed by atoms with van der Waals surface area (Å²) in [6.07, 6.45) is 0. The summed E-state index contributed by atoms with van der Waals surface area (Å²) >= 11 is 0. The first-order valence-electron chi connectivity index (χ1n) is 20.4. The van der Waals surface area contributed by atoms with Crippen LogP contribution in [-0.2, 0) is 10.8 Å². The van der Waals surface area contributed by atoms with Crippen molar-refractivity contribution in [1.29, 1.82) is 0 Å². The molecule has 9 aromatic rings. The van der Waals surface area contributed by atoms with E-state index in [1.54, 1.807) is 0 Å². The van der Waals surface area contributed by atoms with Gasteiger partial charge in [-0.25, -0.2) is 9.97 Å². The second-order valence-electron chi connectivity index (χ2n) is 16.4. The predicted molar refractivity (Wildman–Crippen MR) is 243 cm³/mol. The van der Waals surface area contributed by atoms with E-state index in [-0.39, 0.29) is 5.41 Å². The molecular weight excluding hydrogens is 715 g/mol. The summed E-state index contributed by atoms with van der Waals surface area (Å²) in [6.45, 7) is 4.75. The molecule has 11 rings (SSSR count). The van der Waals surface area contributed by atoms with Crippen LogP contribution in [0.4, 0.5) is 5.69 Å². The molecule has 2 N–H and O–H groups in total. The summed E-state index contributed by atoms with van der Waals surface area (Å²) < 4.78 is 0. The normalized spacial score (nSPS) is 13.9. The minimum absolute atomic E-state index is 0.135. The fourth-order valence-corrected chi connectivity index (χ4v) is 10.0. The van der Waals surface area contributed by atoms with Crippen LogP contribution in [0.25, 0.3) is 67.3 Å². The molecule has 2 aliphatic rings. The lowest BCUT2D eigenvalue weighted by molar-refractivity contribution is 0.563. The largest absolute Gasteiger partial charge is 0.399 e. The number of hydrogen-bond donors (Lipinski definition) is 1. The second kappa shape index (κ2) is 13.4. The molecule has 1 aromatic heterocycles. The molecular formula is C56H41N3. The molecule has 0 saturated heterocycles. The molecule has 0 amide bonds. The fraction of sp³-hybridized carbons (Fsp3) is 0.0714. The van der Waals surface area contributed by atoms with Crippen LogP contribution in [0.3, 0.4) is 0 Å². The van der Waals surface area contributed by atoms with Crippen LogP contribution < -0.4 is 5.73 Å². The van der Waals surface area contributed by atoms with Crippen LogP contribution >= 0.6 is 0 Å². The van der Waals surface area contributed by atoms with Crippen molar-refractivity contribution in [3.63, 3.8) is 0 Å². The maximum Gasteiger partial charge on any atom is 0.160 e. The number of fused-ring (bicyclic) bond motifs is 9. The second-order valence-corrected chi connectivity index (χ2v) is 16.4. The average Bonchev–Trinajstić information content (AvgIpc) is 3.60. The first kappa shape index (κ1) is 34.9. The van der Waals surface area contributed by atoms with E-state index in [1.807, 2.05) is 24.3 Å². The van der Waals surface area contributed by atoms with Gasteiger partial charge in [0.1, 0.15) is 0 Å². The van der Waals surface area contributed by atoms with Gasteiger partial charge in [-0.2, -0.15) is 0 Å². The van der Waals surface area contributed by atoms with Crippen LogP contribution in [0.2, 0.25) is 0 Å². The van der Waals surface area contributed by atoms with Gasteiger partial charge in [0.2, 0.25) is 0 Å². The molecule has 0 radical (unpaired) electrons. The number of anilines is 1. The van der Waals surface area contributed by atoms with Gasteiger partial charge >= 0.3 is 0 Å². The molecule has 0 saturated carbocycles. The van der Waals surface area contributed by atoms with Gasteiger partial charge in [-0.3, -0.25) is 0 Å². The van der Waals surface area contributed by atoms with Crippen molar-refractivity contribution in [3.05, 3.63) is 234 Å². The van der Waals surface area contributed by atoms with Gasteiger partial charge in [0, 0.05) is 27.8 Å². The minimum atomic E-state index is -0.430. The van der Waals surface area contributed by atoms with E-state index in [2.05, 4.69) is 190 Å². The molecule has 1 heterocycles. The zero-order valence-electron chi connectivity index (χ0n) is 33.0. The number of benzene rings is 8. The van der Waals surface area contributed by atoms with Crippen molar-refractivity contribution in [1.82, 2.24) is 9.97 Å². The van der Waals surface area contributed by atoms with Crippen LogP contribution in [0.5, 0.6) is 0 Å². The Morgan fingerprint density at radius 3 is 1.51 bits per heavy atom. The highest BCUT2D eigenvalue weighted by Crippen LogP contribution is 2.63. The maximum absolute atomic E-state index is 6.16. The number of nitrogen functional groups attached to an aromatic ring is 1. The van der Waals surface area contributed by atoms with E-state index in [0.717, 1.165) is 44.9 Å². The SMILES string of the molecule is CC1(C)c2ccccc2C2(c3ccccc3-c3c(-c4ccc(-c5cc(-c6ccccc6)nc(-c6cccc(-c7cccc(N)c7)c6)n5)cc4)cccc32)c2ccccc21. The van der Waals surface area contributed by atoms with Crippen LogP contribution in [0, 0.1) is 0 Å². The molecule has 0 fully saturated rings. The Morgan fingerprint density at radius 2 is 0.831 bits per heavy atom. The van der Waals surface area contributed by atoms with Crippen molar-refractivity contribution in [2.75, 3.05) is 5.73 Å². The lowest BCUT2D eigenvalue weighted by Gasteiger charge is -2.46. The summed E-state index contributed by atoms with van der Waals surface area (Å²) in [7, 11) is 0. The maximum atomic E-state index is 6.16. The Kier molecular flexibility index (Phi) is 7.89. The summed E-state index contributed by atoms with van der Waals surface area (Å²) in [5, 5.41) is 0. The van der Waals surface area contributed by atoms with Crippen molar-refractivity contribution in [2.24, 2.45) is 0 Å². The van der Waals surface area contributed by atoms with E-state index in [1.165, 1.54) is 55.6 Å². The van der Waals surface area contributed by atoms with Gasteiger partial charge in [-0.05, 0) is 91.0 Å². The van der Waals surface area contributed by atoms with Gasteiger partial charge < -0.3 is 5.73 Å². The van der Waals surface area contributed by atoms with E-state index in [9.17, 15) is 0 Å². The lowest BCUT2D eigenvalue weighted by atomic mass is 9.55. The molecule has 8 aromatic carbocycles. The summed E-state index contributed by atoms with van der Waals surface area (Å²) in [5.74, 6) is 0.676. The van der Waals surface area contributed by atoms with Gasteiger partial charge in [-0.1, -0.05) is 190 Å². The lowest BCUT2D eigenvalue weighted by Crippen LogP contribution is -2.40. The topological polar surface area (TPSA) is 51.8 Å². The Bertz CT molecular complexity index is 3040. The highest BCUT2D eigenvalue weighted by atomic mass is 14.9. The van der Waals surface area contributed by atoms with E-state index in [4.69, 9.17) is 15.7 Å². The molecule has 2 aliphatic carbocycles. The number of rotatable bonds is 5. The third-order valence-corrected chi connectivity index (χ3v) is 12.7. The van der Waals surface area contributed by atoms with Crippen LogP contribution in [0.15, 0.2) is 200 Å².